The number of hydrogen-bond acceptors (Lipinski definition) is 3. The van der Waals surface area contributed by atoms with Gasteiger partial charge in [-0.05, 0) is 48.7 Å². The summed E-state index contributed by atoms with van der Waals surface area (Å²) in [7, 11) is 0. The highest BCUT2D eigenvalue weighted by molar-refractivity contribution is 7.71. The Balaban J connectivity index is 1.85. The number of nitrogens with one attached hydrogen (secondary N) is 1. The van der Waals surface area contributed by atoms with Crippen LogP contribution >= 0.6 is 12.2 Å². The number of aromatic nitrogens is 2. The molecule has 1 aliphatic rings. The highest BCUT2D eigenvalue weighted by Crippen LogP contribution is 2.28. The highest BCUT2D eigenvalue weighted by atomic mass is 32.1. The molecule has 0 aliphatic heterocycles. The van der Waals surface area contributed by atoms with Crippen LogP contribution in [0.15, 0.2) is 36.7 Å². The molecule has 0 atom stereocenters. The van der Waals surface area contributed by atoms with Crippen LogP contribution in [0.1, 0.15) is 12.8 Å². The monoisotopic (exact) mass is 244 g/mol. The Morgan fingerprint density at radius 2 is 2.00 bits per heavy atom. The van der Waals surface area contributed by atoms with Gasteiger partial charge < -0.3 is 9.72 Å². The first kappa shape index (κ1) is 10.5. The molecular formula is C13H12N2OS. The molecule has 17 heavy (non-hydrogen) atoms. The van der Waals surface area contributed by atoms with Crippen molar-refractivity contribution in [2.45, 2.75) is 18.9 Å². The molecule has 1 fully saturated rings. The van der Waals surface area contributed by atoms with Crippen molar-refractivity contribution in [1.82, 2.24) is 9.97 Å². The van der Waals surface area contributed by atoms with Crippen molar-refractivity contribution in [3.63, 3.8) is 0 Å². The lowest BCUT2D eigenvalue weighted by atomic mass is 10.1. The zero-order valence-electron chi connectivity index (χ0n) is 9.22. The van der Waals surface area contributed by atoms with Crippen molar-refractivity contribution in [2.75, 3.05) is 0 Å². The van der Waals surface area contributed by atoms with Crippen LogP contribution in [-0.2, 0) is 0 Å². The van der Waals surface area contributed by atoms with Gasteiger partial charge >= 0.3 is 0 Å². The molecule has 3 rings (SSSR count). The third-order valence-electron chi connectivity index (χ3n) is 2.67. The fraction of sp³-hybridized carbons (Fsp3) is 0.231. The van der Waals surface area contributed by atoms with Crippen LogP contribution < -0.4 is 4.74 Å². The standard InChI is InChI=1S/C13H12N2OS/c17-13-7-12(14-8-15-13)9-1-3-10(4-2-9)16-11-5-6-11/h1-4,7-8,11H,5-6H2,(H,14,15,17). The van der Waals surface area contributed by atoms with Crippen LogP contribution in [0.25, 0.3) is 11.3 Å². The van der Waals surface area contributed by atoms with E-state index in [0.29, 0.717) is 10.7 Å². The number of hydrogen-bond donors (Lipinski definition) is 1. The van der Waals surface area contributed by atoms with Crippen molar-refractivity contribution in [3.8, 4) is 17.0 Å². The van der Waals surface area contributed by atoms with E-state index in [9.17, 15) is 0 Å². The van der Waals surface area contributed by atoms with Crippen LogP contribution in [0, 0.1) is 4.64 Å². The van der Waals surface area contributed by atoms with Gasteiger partial charge in [-0.15, -0.1) is 0 Å². The number of ether oxygens (including phenoxy) is 1. The minimum Gasteiger partial charge on any atom is -0.490 e. The van der Waals surface area contributed by atoms with E-state index >= 15 is 0 Å². The van der Waals surface area contributed by atoms with E-state index in [1.807, 2.05) is 30.3 Å². The summed E-state index contributed by atoms with van der Waals surface area (Å²) in [6.07, 6.45) is 4.41. The van der Waals surface area contributed by atoms with Gasteiger partial charge in [-0.2, -0.15) is 0 Å². The lowest BCUT2D eigenvalue weighted by Gasteiger charge is -2.05. The molecule has 0 saturated heterocycles. The Morgan fingerprint density at radius 3 is 2.65 bits per heavy atom. The van der Waals surface area contributed by atoms with E-state index < -0.39 is 0 Å². The molecule has 0 amide bonds. The van der Waals surface area contributed by atoms with E-state index in [4.69, 9.17) is 17.0 Å². The average molecular weight is 244 g/mol. The van der Waals surface area contributed by atoms with E-state index in [2.05, 4.69) is 9.97 Å². The van der Waals surface area contributed by atoms with Crippen molar-refractivity contribution < 1.29 is 4.74 Å². The molecule has 1 heterocycles. The van der Waals surface area contributed by atoms with Crippen molar-refractivity contribution in [3.05, 3.63) is 41.3 Å². The number of H-pyrrole nitrogens is 1. The quantitative estimate of drug-likeness (QED) is 0.841. The third-order valence-corrected chi connectivity index (χ3v) is 2.90. The number of nitrogens with zero attached hydrogens (tertiary/aromatic N) is 1. The predicted molar refractivity (Wildman–Crippen MR) is 68.5 cm³/mol. The average Bonchev–Trinajstić information content (AvgIpc) is 3.14. The number of aromatic amines is 1. The van der Waals surface area contributed by atoms with Gasteiger partial charge in [0.1, 0.15) is 10.4 Å². The molecule has 1 saturated carbocycles. The minimum absolute atomic E-state index is 0.438. The summed E-state index contributed by atoms with van der Waals surface area (Å²) >= 11 is 5.03. The normalized spacial score (nSPS) is 14.6. The summed E-state index contributed by atoms with van der Waals surface area (Å²) in [4.78, 5) is 7.04. The van der Waals surface area contributed by atoms with Gasteiger partial charge in [0.2, 0.25) is 0 Å². The fourth-order valence-electron chi connectivity index (χ4n) is 1.63. The molecule has 1 N–H and O–H groups in total. The maximum Gasteiger partial charge on any atom is 0.130 e. The minimum atomic E-state index is 0.438. The fourth-order valence-corrected chi connectivity index (χ4v) is 1.80. The number of rotatable bonds is 3. The molecule has 86 valence electrons. The van der Waals surface area contributed by atoms with Crippen LogP contribution in [0.4, 0.5) is 0 Å². The van der Waals surface area contributed by atoms with Crippen LogP contribution in [0.5, 0.6) is 5.75 Å². The SMILES string of the molecule is S=c1cc(-c2ccc(OC3CC3)cc2)[nH]cn1. The Kier molecular flexibility index (Phi) is 2.65. The summed E-state index contributed by atoms with van der Waals surface area (Å²) in [5.74, 6) is 0.934. The van der Waals surface area contributed by atoms with Gasteiger partial charge in [-0.3, -0.25) is 0 Å². The Labute approximate surface area is 104 Å². The second kappa shape index (κ2) is 4.30. The predicted octanol–water partition coefficient (Wildman–Crippen LogP) is 3.35. The molecular weight excluding hydrogens is 232 g/mol. The zero-order chi connectivity index (χ0) is 11.7. The first-order chi connectivity index (χ1) is 8.31. The summed E-state index contributed by atoms with van der Waals surface area (Å²) in [5, 5.41) is 0. The van der Waals surface area contributed by atoms with Gasteiger partial charge in [0.25, 0.3) is 0 Å². The van der Waals surface area contributed by atoms with E-state index in [0.717, 1.165) is 17.0 Å². The Morgan fingerprint density at radius 1 is 1.24 bits per heavy atom. The van der Waals surface area contributed by atoms with Crippen molar-refractivity contribution in [2.24, 2.45) is 0 Å². The zero-order valence-corrected chi connectivity index (χ0v) is 10.0. The van der Waals surface area contributed by atoms with Crippen LogP contribution in [0.3, 0.4) is 0 Å². The molecule has 1 aromatic carbocycles. The van der Waals surface area contributed by atoms with Gasteiger partial charge in [0, 0.05) is 5.69 Å². The maximum atomic E-state index is 5.70. The first-order valence-corrected chi connectivity index (χ1v) is 6.04. The van der Waals surface area contributed by atoms with E-state index in [1.54, 1.807) is 6.33 Å². The molecule has 0 spiro atoms. The van der Waals surface area contributed by atoms with Gasteiger partial charge in [-0.25, -0.2) is 4.98 Å². The van der Waals surface area contributed by atoms with Gasteiger partial charge in [0.15, 0.2) is 0 Å². The van der Waals surface area contributed by atoms with Gasteiger partial charge in [0.05, 0.1) is 12.4 Å². The van der Waals surface area contributed by atoms with Crippen LogP contribution in [-0.4, -0.2) is 16.1 Å². The smallest absolute Gasteiger partial charge is 0.130 e. The summed E-state index contributed by atoms with van der Waals surface area (Å²) < 4.78 is 6.29. The largest absolute Gasteiger partial charge is 0.490 e. The molecule has 1 aromatic heterocycles. The Bertz CT molecular complexity index is 572. The Hall–Kier alpha value is -1.68. The molecule has 0 unspecified atom stereocenters. The third kappa shape index (κ3) is 2.53. The molecule has 3 nitrogen and oxygen atoms in total. The topological polar surface area (TPSA) is 37.9 Å². The molecule has 0 radical (unpaired) electrons. The van der Waals surface area contributed by atoms with E-state index in [1.165, 1.54) is 12.8 Å². The van der Waals surface area contributed by atoms with Crippen LogP contribution in [0.2, 0.25) is 0 Å². The number of benzene rings is 1. The summed E-state index contributed by atoms with van der Waals surface area (Å²) in [6.45, 7) is 0. The summed E-state index contributed by atoms with van der Waals surface area (Å²) in [6, 6.07) is 9.89. The maximum absolute atomic E-state index is 5.70. The molecule has 2 aromatic rings. The van der Waals surface area contributed by atoms with E-state index in [-0.39, 0.29) is 0 Å². The second-order valence-corrected chi connectivity index (χ2v) is 4.56. The molecule has 4 heteroatoms. The second-order valence-electron chi connectivity index (χ2n) is 4.14. The lowest BCUT2D eigenvalue weighted by molar-refractivity contribution is 0.303. The summed E-state index contributed by atoms with van der Waals surface area (Å²) in [5.41, 5.74) is 2.06. The molecule has 1 aliphatic carbocycles. The first-order valence-electron chi connectivity index (χ1n) is 5.63. The van der Waals surface area contributed by atoms with Crippen molar-refractivity contribution in [1.29, 1.82) is 0 Å². The highest BCUT2D eigenvalue weighted by Gasteiger charge is 2.23. The molecule has 0 bridgehead atoms. The van der Waals surface area contributed by atoms with Crippen molar-refractivity contribution >= 4 is 12.2 Å². The van der Waals surface area contributed by atoms with Gasteiger partial charge in [-0.1, -0.05) is 12.2 Å². The lowest BCUT2D eigenvalue weighted by Crippen LogP contribution is -1.95.